The van der Waals surface area contributed by atoms with Crippen LogP contribution in [0.2, 0.25) is 0 Å². The van der Waals surface area contributed by atoms with Crippen LogP contribution in [0, 0.1) is 23.5 Å². The third kappa shape index (κ3) is 6.10. The molecule has 0 fully saturated rings. The second-order valence-electron chi connectivity index (χ2n) is 5.47. The van der Waals surface area contributed by atoms with Crippen molar-refractivity contribution >= 4 is 0 Å². The van der Waals surface area contributed by atoms with Crippen molar-refractivity contribution in [2.45, 2.75) is 33.6 Å². The molecule has 0 radical (unpaired) electrons. The van der Waals surface area contributed by atoms with E-state index >= 15 is 0 Å². The van der Waals surface area contributed by atoms with Gasteiger partial charge in [0.1, 0.15) is 11.6 Å². The van der Waals surface area contributed by atoms with Crippen LogP contribution in [0.5, 0.6) is 0 Å². The van der Waals surface area contributed by atoms with Crippen LogP contribution in [-0.4, -0.2) is 13.1 Å². The van der Waals surface area contributed by atoms with Gasteiger partial charge in [-0.3, -0.25) is 0 Å². The molecule has 1 aromatic rings. The Hall–Kier alpha value is -0.960. The molecule has 0 bridgehead atoms. The molecule has 1 unspecified atom stereocenters. The molecule has 0 spiro atoms. The van der Waals surface area contributed by atoms with Gasteiger partial charge in [-0.05, 0) is 55.5 Å². The van der Waals surface area contributed by atoms with Crippen molar-refractivity contribution in [2.24, 2.45) is 11.8 Å². The highest BCUT2D eigenvalue weighted by molar-refractivity contribution is 5.18. The van der Waals surface area contributed by atoms with E-state index in [0.717, 1.165) is 37.6 Å². The Morgan fingerprint density at radius 3 is 2.22 bits per heavy atom. The van der Waals surface area contributed by atoms with E-state index in [0.29, 0.717) is 11.8 Å². The lowest BCUT2D eigenvalue weighted by Crippen LogP contribution is -2.22. The summed E-state index contributed by atoms with van der Waals surface area (Å²) in [5.74, 6) is 0.0914. The summed E-state index contributed by atoms with van der Waals surface area (Å²) in [5.41, 5.74) is 0.740. The normalized spacial score (nSPS) is 13.0. The fourth-order valence-corrected chi connectivity index (χ4v) is 1.97. The molecule has 1 N–H and O–H groups in total. The van der Waals surface area contributed by atoms with Crippen LogP contribution in [0.4, 0.5) is 8.78 Å². The highest BCUT2D eigenvalue weighted by Crippen LogP contribution is 2.14. The van der Waals surface area contributed by atoms with Gasteiger partial charge in [-0.1, -0.05) is 20.8 Å². The molecule has 0 aliphatic carbocycles. The van der Waals surface area contributed by atoms with Gasteiger partial charge in [0.25, 0.3) is 0 Å². The van der Waals surface area contributed by atoms with Gasteiger partial charge < -0.3 is 5.32 Å². The lowest BCUT2D eigenvalue weighted by atomic mass is 9.98. The molecule has 0 aliphatic heterocycles. The zero-order valence-corrected chi connectivity index (χ0v) is 11.5. The first kappa shape index (κ1) is 15.1. The van der Waals surface area contributed by atoms with Crippen molar-refractivity contribution in [2.75, 3.05) is 13.1 Å². The minimum Gasteiger partial charge on any atom is -0.316 e. The second-order valence-corrected chi connectivity index (χ2v) is 5.47. The summed E-state index contributed by atoms with van der Waals surface area (Å²) < 4.78 is 26.0. The predicted octanol–water partition coefficient (Wildman–Crippen LogP) is 3.78. The topological polar surface area (TPSA) is 12.0 Å². The molecule has 1 aromatic carbocycles. The fraction of sp³-hybridized carbons (Fsp3) is 0.600. The number of hydrogen-bond acceptors (Lipinski definition) is 1. The van der Waals surface area contributed by atoms with Gasteiger partial charge in [-0.2, -0.15) is 0 Å². The Morgan fingerprint density at radius 2 is 1.67 bits per heavy atom. The van der Waals surface area contributed by atoms with Crippen molar-refractivity contribution < 1.29 is 8.78 Å². The van der Waals surface area contributed by atoms with Gasteiger partial charge in [0.05, 0.1) is 0 Å². The molecule has 3 heteroatoms. The van der Waals surface area contributed by atoms with E-state index in [1.54, 1.807) is 0 Å². The van der Waals surface area contributed by atoms with E-state index < -0.39 is 11.6 Å². The SMILES string of the molecule is CC(C)CNCCC(C)Cc1cc(F)cc(F)c1. The van der Waals surface area contributed by atoms with Gasteiger partial charge in [-0.25, -0.2) is 8.78 Å². The third-order valence-corrected chi connectivity index (χ3v) is 2.87. The molecule has 0 saturated carbocycles. The molecule has 0 aromatic heterocycles. The minimum atomic E-state index is -0.491. The average molecular weight is 255 g/mol. The van der Waals surface area contributed by atoms with Crippen LogP contribution < -0.4 is 5.32 Å². The van der Waals surface area contributed by atoms with Crippen molar-refractivity contribution in [3.05, 3.63) is 35.4 Å². The zero-order valence-electron chi connectivity index (χ0n) is 11.5. The van der Waals surface area contributed by atoms with E-state index in [-0.39, 0.29) is 0 Å². The highest BCUT2D eigenvalue weighted by Gasteiger charge is 2.06. The van der Waals surface area contributed by atoms with E-state index in [4.69, 9.17) is 0 Å². The highest BCUT2D eigenvalue weighted by atomic mass is 19.1. The Labute approximate surface area is 109 Å². The van der Waals surface area contributed by atoms with Crippen molar-refractivity contribution in [1.29, 1.82) is 0 Å². The molecule has 0 amide bonds. The van der Waals surface area contributed by atoms with Crippen molar-refractivity contribution in [3.63, 3.8) is 0 Å². The molecule has 0 heterocycles. The summed E-state index contributed by atoms with van der Waals surface area (Å²) in [6.45, 7) is 8.43. The molecule has 1 rings (SSSR count). The molecular formula is C15H23F2N. The fourth-order valence-electron chi connectivity index (χ4n) is 1.97. The maximum Gasteiger partial charge on any atom is 0.126 e. The summed E-state index contributed by atoms with van der Waals surface area (Å²) in [5, 5.41) is 3.38. The number of rotatable bonds is 7. The molecular weight excluding hydrogens is 232 g/mol. The lowest BCUT2D eigenvalue weighted by Gasteiger charge is -2.13. The van der Waals surface area contributed by atoms with Gasteiger partial charge in [-0.15, -0.1) is 0 Å². The number of halogens is 2. The van der Waals surface area contributed by atoms with Crippen LogP contribution in [0.3, 0.4) is 0 Å². The molecule has 18 heavy (non-hydrogen) atoms. The van der Waals surface area contributed by atoms with E-state index in [9.17, 15) is 8.78 Å². The van der Waals surface area contributed by atoms with Crippen LogP contribution in [0.1, 0.15) is 32.8 Å². The molecule has 0 saturated heterocycles. The van der Waals surface area contributed by atoms with Gasteiger partial charge >= 0.3 is 0 Å². The summed E-state index contributed by atoms with van der Waals surface area (Å²) in [6.07, 6.45) is 1.74. The Balaban J connectivity index is 2.33. The van der Waals surface area contributed by atoms with Crippen LogP contribution in [0.15, 0.2) is 18.2 Å². The largest absolute Gasteiger partial charge is 0.316 e. The summed E-state index contributed by atoms with van der Waals surface area (Å²) in [7, 11) is 0. The van der Waals surface area contributed by atoms with Gasteiger partial charge in [0, 0.05) is 6.07 Å². The van der Waals surface area contributed by atoms with Crippen LogP contribution in [0.25, 0.3) is 0 Å². The van der Waals surface area contributed by atoms with E-state index in [2.05, 4.69) is 26.1 Å². The lowest BCUT2D eigenvalue weighted by molar-refractivity contribution is 0.472. The monoisotopic (exact) mass is 255 g/mol. The smallest absolute Gasteiger partial charge is 0.126 e. The summed E-state index contributed by atoms with van der Waals surface area (Å²) >= 11 is 0. The van der Waals surface area contributed by atoms with E-state index in [1.807, 2.05) is 0 Å². The first-order valence-corrected chi connectivity index (χ1v) is 6.63. The number of nitrogens with one attached hydrogen (secondary N) is 1. The number of hydrogen-bond donors (Lipinski definition) is 1. The molecule has 0 aliphatic rings. The average Bonchev–Trinajstić information content (AvgIpc) is 2.22. The molecule has 102 valence electrons. The van der Waals surface area contributed by atoms with Crippen molar-refractivity contribution in [1.82, 2.24) is 5.32 Å². The maximum absolute atomic E-state index is 13.0. The van der Waals surface area contributed by atoms with Gasteiger partial charge in [0.2, 0.25) is 0 Å². The summed E-state index contributed by atoms with van der Waals surface area (Å²) in [6, 6.07) is 3.75. The number of benzene rings is 1. The van der Waals surface area contributed by atoms with Crippen LogP contribution >= 0.6 is 0 Å². The molecule has 1 atom stereocenters. The Kier molecular flexibility index (Phi) is 6.27. The van der Waals surface area contributed by atoms with Gasteiger partial charge in [0.15, 0.2) is 0 Å². The second kappa shape index (κ2) is 7.47. The quantitative estimate of drug-likeness (QED) is 0.731. The molecule has 1 nitrogen and oxygen atoms in total. The standard InChI is InChI=1S/C15H23F2N/c1-11(2)10-18-5-4-12(3)6-13-7-14(16)9-15(17)8-13/h7-9,11-12,18H,4-6,10H2,1-3H3. The van der Waals surface area contributed by atoms with Crippen molar-refractivity contribution in [3.8, 4) is 0 Å². The Morgan fingerprint density at radius 1 is 1.06 bits per heavy atom. The third-order valence-electron chi connectivity index (χ3n) is 2.87. The minimum absolute atomic E-state index is 0.422. The summed E-state index contributed by atoms with van der Waals surface area (Å²) in [4.78, 5) is 0. The Bertz CT molecular complexity index is 343. The predicted molar refractivity (Wildman–Crippen MR) is 71.6 cm³/mol. The van der Waals surface area contributed by atoms with E-state index in [1.165, 1.54) is 12.1 Å². The zero-order chi connectivity index (χ0) is 13.5. The first-order chi connectivity index (χ1) is 8.47. The first-order valence-electron chi connectivity index (χ1n) is 6.63. The van der Waals surface area contributed by atoms with Crippen LogP contribution in [-0.2, 0) is 6.42 Å². The maximum atomic E-state index is 13.0.